The lowest BCUT2D eigenvalue weighted by Gasteiger charge is -2.34. The molecule has 9 heteroatoms. The molecule has 0 aromatic carbocycles. The first-order chi connectivity index (χ1) is 14.9. The second kappa shape index (κ2) is 9.86. The maximum atomic E-state index is 13.1. The van der Waals surface area contributed by atoms with Gasteiger partial charge in [-0.15, -0.1) is 0 Å². The Morgan fingerprint density at radius 3 is 2.87 bits per heavy atom. The monoisotopic (exact) mass is 421 g/mol. The van der Waals surface area contributed by atoms with Crippen LogP contribution in [0.1, 0.15) is 30.3 Å². The van der Waals surface area contributed by atoms with Crippen molar-refractivity contribution >= 4 is 11.6 Å². The maximum Gasteiger partial charge on any atom is 0.276 e. The van der Waals surface area contributed by atoms with Crippen LogP contribution in [0.3, 0.4) is 0 Å². The molecule has 6 N–H and O–H groups in total. The third-order valence-corrected chi connectivity index (χ3v) is 4.92. The van der Waals surface area contributed by atoms with Crippen molar-refractivity contribution in [2.45, 2.75) is 25.8 Å². The van der Waals surface area contributed by atoms with Gasteiger partial charge in [0.05, 0.1) is 40.9 Å². The SMILES string of the molecule is C=C/C(NC(=O)c1nc(-c2cncc(=O)[nH]2)ccc1N)=C(\C=C/C)N1CCC[C@H](N)C1. The molecular weight excluding hydrogens is 394 g/mol. The van der Waals surface area contributed by atoms with E-state index in [2.05, 4.69) is 31.7 Å². The molecule has 1 aliphatic rings. The lowest BCUT2D eigenvalue weighted by Crippen LogP contribution is -2.43. The number of nitrogen functional groups attached to an aromatic ring is 1. The molecule has 0 aliphatic carbocycles. The summed E-state index contributed by atoms with van der Waals surface area (Å²) in [6, 6.07) is 3.26. The Morgan fingerprint density at radius 2 is 2.19 bits per heavy atom. The molecule has 1 aliphatic heterocycles. The molecule has 31 heavy (non-hydrogen) atoms. The minimum Gasteiger partial charge on any atom is -0.397 e. The van der Waals surface area contributed by atoms with Crippen molar-refractivity contribution < 1.29 is 4.79 Å². The number of nitrogens with one attached hydrogen (secondary N) is 2. The zero-order valence-corrected chi connectivity index (χ0v) is 17.5. The van der Waals surface area contributed by atoms with Gasteiger partial charge in [0.15, 0.2) is 5.69 Å². The second-order valence-electron chi connectivity index (χ2n) is 7.25. The van der Waals surface area contributed by atoms with Crippen molar-refractivity contribution in [1.29, 1.82) is 0 Å². The van der Waals surface area contributed by atoms with Gasteiger partial charge in [0.2, 0.25) is 0 Å². The molecule has 162 valence electrons. The molecular formula is C22H27N7O2. The van der Waals surface area contributed by atoms with Crippen LogP contribution in [0.25, 0.3) is 11.4 Å². The molecule has 1 saturated heterocycles. The van der Waals surface area contributed by atoms with Crippen molar-refractivity contribution in [3.05, 3.63) is 76.8 Å². The van der Waals surface area contributed by atoms with E-state index in [0.717, 1.165) is 31.3 Å². The molecule has 0 unspecified atom stereocenters. The molecule has 0 saturated carbocycles. The van der Waals surface area contributed by atoms with Crippen LogP contribution < -0.4 is 22.3 Å². The number of hydrogen-bond acceptors (Lipinski definition) is 7. The first-order valence-electron chi connectivity index (χ1n) is 10.1. The third kappa shape index (κ3) is 5.26. The Labute approximate surface area is 180 Å². The number of hydrogen-bond donors (Lipinski definition) is 4. The van der Waals surface area contributed by atoms with Crippen molar-refractivity contribution in [1.82, 2.24) is 25.2 Å². The zero-order valence-electron chi connectivity index (χ0n) is 17.5. The Balaban J connectivity index is 1.94. The summed E-state index contributed by atoms with van der Waals surface area (Å²) in [5.74, 6) is -0.483. The topological polar surface area (TPSA) is 143 Å². The molecule has 3 rings (SSSR count). The molecule has 0 radical (unpaired) electrons. The van der Waals surface area contributed by atoms with E-state index in [1.165, 1.54) is 6.20 Å². The van der Waals surface area contributed by atoms with Gasteiger partial charge in [-0.25, -0.2) is 4.98 Å². The number of likely N-dealkylation sites (tertiary alicyclic amines) is 1. The number of nitrogens with two attached hydrogens (primary N) is 2. The van der Waals surface area contributed by atoms with Crippen LogP contribution in [0, 0.1) is 0 Å². The summed E-state index contributed by atoms with van der Waals surface area (Å²) in [4.78, 5) is 37.6. The van der Waals surface area contributed by atoms with E-state index >= 15 is 0 Å². The first-order valence-corrected chi connectivity index (χ1v) is 10.1. The van der Waals surface area contributed by atoms with Gasteiger partial charge >= 0.3 is 0 Å². The molecule has 1 amide bonds. The quantitative estimate of drug-likeness (QED) is 0.518. The van der Waals surface area contributed by atoms with Crippen LogP contribution in [-0.4, -0.2) is 44.9 Å². The van der Waals surface area contributed by atoms with E-state index in [9.17, 15) is 9.59 Å². The predicted molar refractivity (Wildman–Crippen MR) is 121 cm³/mol. The van der Waals surface area contributed by atoms with E-state index in [1.807, 2.05) is 19.1 Å². The highest BCUT2D eigenvalue weighted by molar-refractivity contribution is 5.98. The van der Waals surface area contributed by atoms with Gasteiger partial charge in [-0.05, 0) is 44.1 Å². The van der Waals surface area contributed by atoms with Crippen LogP contribution >= 0.6 is 0 Å². The largest absolute Gasteiger partial charge is 0.397 e. The van der Waals surface area contributed by atoms with E-state index in [-0.39, 0.29) is 23.0 Å². The fourth-order valence-corrected chi connectivity index (χ4v) is 3.46. The van der Waals surface area contributed by atoms with Crippen LogP contribution in [0.5, 0.6) is 0 Å². The van der Waals surface area contributed by atoms with Crippen molar-refractivity contribution in [3.63, 3.8) is 0 Å². The van der Waals surface area contributed by atoms with E-state index in [4.69, 9.17) is 11.5 Å². The number of aromatic nitrogens is 3. The molecule has 0 spiro atoms. The Bertz CT molecular complexity index is 1090. The molecule has 3 heterocycles. The molecule has 2 aromatic rings. The highest BCUT2D eigenvalue weighted by atomic mass is 16.2. The van der Waals surface area contributed by atoms with Crippen molar-refractivity contribution in [2.75, 3.05) is 18.8 Å². The highest BCUT2D eigenvalue weighted by Crippen LogP contribution is 2.20. The molecule has 9 nitrogen and oxygen atoms in total. The fraction of sp³-hybridized carbons (Fsp3) is 0.273. The number of pyridine rings is 1. The van der Waals surface area contributed by atoms with E-state index in [0.29, 0.717) is 23.6 Å². The fourth-order valence-electron chi connectivity index (χ4n) is 3.46. The summed E-state index contributed by atoms with van der Waals surface area (Å²) in [6.07, 6.45) is 9.97. The lowest BCUT2D eigenvalue weighted by molar-refractivity contribution is 0.0962. The molecule has 2 aromatic heterocycles. The second-order valence-corrected chi connectivity index (χ2v) is 7.25. The number of allylic oxidation sites excluding steroid dienone is 3. The average molecular weight is 422 g/mol. The van der Waals surface area contributed by atoms with Crippen molar-refractivity contribution in [3.8, 4) is 11.4 Å². The number of nitrogens with zero attached hydrogens (tertiary/aromatic N) is 3. The summed E-state index contributed by atoms with van der Waals surface area (Å²) in [7, 11) is 0. The minimum atomic E-state index is -0.483. The predicted octanol–water partition coefficient (Wildman–Crippen LogP) is 1.54. The number of aromatic amines is 1. The Kier molecular flexibility index (Phi) is 6.99. The number of piperidine rings is 1. The first kappa shape index (κ1) is 22.0. The number of rotatable bonds is 6. The van der Waals surface area contributed by atoms with Gasteiger partial charge in [0.25, 0.3) is 11.5 Å². The van der Waals surface area contributed by atoms with Gasteiger partial charge in [-0.1, -0.05) is 12.7 Å². The van der Waals surface area contributed by atoms with E-state index < -0.39 is 5.91 Å². The molecule has 0 bridgehead atoms. The van der Waals surface area contributed by atoms with Gasteiger partial charge in [-0.3, -0.25) is 14.6 Å². The Morgan fingerprint density at radius 1 is 1.39 bits per heavy atom. The van der Waals surface area contributed by atoms with Gasteiger partial charge in [0, 0.05) is 19.1 Å². The van der Waals surface area contributed by atoms with E-state index in [1.54, 1.807) is 18.2 Å². The van der Waals surface area contributed by atoms with Crippen LogP contribution in [0.15, 0.2) is 65.5 Å². The van der Waals surface area contributed by atoms with Crippen LogP contribution in [-0.2, 0) is 0 Å². The normalized spacial score (nSPS) is 17.4. The van der Waals surface area contributed by atoms with Gasteiger partial charge < -0.3 is 26.7 Å². The van der Waals surface area contributed by atoms with Crippen LogP contribution in [0.2, 0.25) is 0 Å². The summed E-state index contributed by atoms with van der Waals surface area (Å²) in [6.45, 7) is 7.29. The summed E-state index contributed by atoms with van der Waals surface area (Å²) < 4.78 is 0. The van der Waals surface area contributed by atoms with Gasteiger partial charge in [0.1, 0.15) is 0 Å². The highest BCUT2D eigenvalue weighted by Gasteiger charge is 2.21. The smallest absolute Gasteiger partial charge is 0.276 e. The van der Waals surface area contributed by atoms with Crippen LogP contribution in [0.4, 0.5) is 5.69 Å². The number of anilines is 1. The Hall–Kier alpha value is -3.72. The number of carbonyl (C=O) groups excluding carboxylic acids is 1. The lowest BCUT2D eigenvalue weighted by atomic mass is 10.1. The average Bonchev–Trinajstić information content (AvgIpc) is 2.76. The number of H-pyrrole nitrogens is 1. The maximum absolute atomic E-state index is 13.1. The standard InChI is InChI=1S/C22H27N7O2/c1-3-6-19(29-10-5-7-14(23)13-29)16(4-2)28-22(31)21-15(24)8-9-17(27-21)18-11-25-12-20(30)26-18/h3-4,6,8-9,11-12,14H,2,5,7,10,13,23-24H2,1H3,(H,26,30)(H,28,31)/b6-3-,19-16-/t14-/m0/s1. The molecule has 1 atom stereocenters. The van der Waals surface area contributed by atoms with Gasteiger partial charge in [-0.2, -0.15) is 0 Å². The third-order valence-electron chi connectivity index (χ3n) is 4.92. The summed E-state index contributed by atoms with van der Waals surface area (Å²) >= 11 is 0. The zero-order chi connectivity index (χ0) is 22.4. The van der Waals surface area contributed by atoms with Crippen molar-refractivity contribution in [2.24, 2.45) is 5.73 Å². The summed E-state index contributed by atoms with van der Waals surface area (Å²) in [5, 5.41) is 2.87. The molecule has 1 fully saturated rings. The number of amides is 1. The number of carbonyl (C=O) groups is 1. The summed E-state index contributed by atoms with van der Waals surface area (Å²) in [5.41, 5.74) is 14.2. The minimum absolute atomic E-state index is 0.0386.